The van der Waals surface area contributed by atoms with Gasteiger partial charge in [0.2, 0.25) is 0 Å². The molecule has 2 bridgehead atoms. The molecule has 3 aliphatic rings. The molecule has 24 heavy (non-hydrogen) atoms. The van der Waals surface area contributed by atoms with Gasteiger partial charge in [0.25, 0.3) is 5.56 Å². The predicted molar refractivity (Wildman–Crippen MR) is 90.0 cm³/mol. The number of ether oxygens (including phenoxy) is 1. The van der Waals surface area contributed by atoms with Gasteiger partial charge < -0.3 is 14.6 Å². The summed E-state index contributed by atoms with van der Waals surface area (Å²) < 4.78 is 5.49. The molecule has 0 spiro atoms. The molecule has 3 fully saturated rings. The number of carbonyl (C=O) groups is 1. The summed E-state index contributed by atoms with van der Waals surface area (Å²) in [6.07, 6.45) is 1.37. The van der Waals surface area contributed by atoms with Gasteiger partial charge in [0.05, 0.1) is 16.3 Å². The Morgan fingerprint density at radius 2 is 2.04 bits per heavy atom. The maximum Gasteiger partial charge on any atom is 0.410 e. The lowest BCUT2D eigenvalue weighted by Crippen LogP contribution is -2.41. The van der Waals surface area contributed by atoms with Crippen LogP contribution in [0, 0.1) is 0 Å². The van der Waals surface area contributed by atoms with Gasteiger partial charge in [-0.1, -0.05) is 12.1 Å². The Labute approximate surface area is 139 Å². The average Bonchev–Trinajstić information content (AvgIpc) is 3.02. The number of aromatic amines is 1. The number of aromatic nitrogens is 2. The number of H-pyrrole nitrogens is 1. The van der Waals surface area contributed by atoms with Crippen LogP contribution in [0.25, 0.3) is 10.9 Å². The number of nitrogens with zero attached hydrogens (tertiary/aromatic N) is 2. The second-order valence-corrected chi connectivity index (χ2v) is 7.88. The van der Waals surface area contributed by atoms with Crippen LogP contribution in [-0.4, -0.2) is 39.1 Å². The number of para-hydroxylation sites is 1. The van der Waals surface area contributed by atoms with Crippen LogP contribution in [0.5, 0.6) is 0 Å². The van der Waals surface area contributed by atoms with Crippen LogP contribution in [-0.2, 0) is 10.2 Å². The van der Waals surface area contributed by atoms with Crippen molar-refractivity contribution < 1.29 is 9.53 Å². The quantitative estimate of drug-likeness (QED) is 0.873. The molecule has 3 heterocycles. The number of hydrogen-bond acceptors (Lipinski definition) is 4. The van der Waals surface area contributed by atoms with E-state index in [2.05, 4.69) is 9.97 Å². The number of amides is 1. The molecule has 6 heteroatoms. The van der Waals surface area contributed by atoms with E-state index in [0.29, 0.717) is 23.3 Å². The molecule has 5 rings (SSSR count). The van der Waals surface area contributed by atoms with Crippen molar-refractivity contribution in [2.24, 2.45) is 0 Å². The maximum absolute atomic E-state index is 12.4. The van der Waals surface area contributed by atoms with Gasteiger partial charge in [-0.2, -0.15) is 0 Å². The molecular formula is C18H21N3O3. The van der Waals surface area contributed by atoms with Crippen molar-refractivity contribution in [1.29, 1.82) is 0 Å². The number of rotatable bonds is 1. The van der Waals surface area contributed by atoms with Gasteiger partial charge in [-0.15, -0.1) is 0 Å². The molecule has 1 aromatic carbocycles. The molecule has 1 amide bonds. The van der Waals surface area contributed by atoms with Crippen LogP contribution in [0.2, 0.25) is 0 Å². The number of benzene rings is 1. The van der Waals surface area contributed by atoms with E-state index in [-0.39, 0.29) is 23.1 Å². The van der Waals surface area contributed by atoms with Crippen molar-refractivity contribution in [2.45, 2.75) is 50.7 Å². The minimum atomic E-state index is -0.507. The first-order chi connectivity index (χ1) is 11.3. The third kappa shape index (κ3) is 2.28. The molecule has 0 unspecified atom stereocenters. The molecule has 2 aliphatic heterocycles. The van der Waals surface area contributed by atoms with Gasteiger partial charge in [0.15, 0.2) is 0 Å². The largest absolute Gasteiger partial charge is 0.444 e. The molecule has 1 saturated carbocycles. The van der Waals surface area contributed by atoms with Gasteiger partial charge in [0.1, 0.15) is 11.4 Å². The lowest BCUT2D eigenvalue weighted by atomic mass is 9.69. The average molecular weight is 327 g/mol. The number of hydrogen-bond donors (Lipinski definition) is 1. The van der Waals surface area contributed by atoms with E-state index in [1.807, 2.05) is 39.0 Å². The smallest absolute Gasteiger partial charge is 0.410 e. The Balaban J connectivity index is 1.63. The Morgan fingerprint density at radius 3 is 2.75 bits per heavy atom. The maximum atomic E-state index is 12.4. The summed E-state index contributed by atoms with van der Waals surface area (Å²) in [5, 5.41) is 0.593. The second kappa shape index (κ2) is 4.82. The lowest BCUT2D eigenvalue weighted by Gasteiger charge is -2.35. The lowest BCUT2D eigenvalue weighted by molar-refractivity contribution is 0.0246. The fourth-order valence-corrected chi connectivity index (χ4v) is 3.79. The number of fused-ring (bicyclic) bond motifs is 2. The zero-order chi connectivity index (χ0) is 17.1. The molecule has 126 valence electrons. The summed E-state index contributed by atoms with van der Waals surface area (Å²) in [4.78, 5) is 34.1. The highest BCUT2D eigenvalue weighted by molar-refractivity contribution is 5.77. The van der Waals surface area contributed by atoms with Gasteiger partial charge in [-0.25, -0.2) is 9.78 Å². The van der Waals surface area contributed by atoms with Crippen molar-refractivity contribution in [1.82, 2.24) is 14.9 Å². The summed E-state index contributed by atoms with van der Waals surface area (Å²) in [7, 11) is 0. The zero-order valence-corrected chi connectivity index (χ0v) is 14.1. The fourth-order valence-electron chi connectivity index (χ4n) is 3.79. The van der Waals surface area contributed by atoms with Crippen LogP contribution in [0.4, 0.5) is 4.79 Å². The fraction of sp³-hybridized carbons (Fsp3) is 0.500. The van der Waals surface area contributed by atoms with Crippen LogP contribution >= 0.6 is 0 Å². The Morgan fingerprint density at radius 1 is 1.33 bits per heavy atom. The SMILES string of the molecule is CC(C)(C)OC(=O)N1CC2(c3nc4ccccc4c(=O)[nH]3)CC1C2. The van der Waals surface area contributed by atoms with Crippen molar-refractivity contribution in [3.63, 3.8) is 0 Å². The van der Waals surface area contributed by atoms with E-state index in [9.17, 15) is 9.59 Å². The molecule has 1 N–H and O–H groups in total. The van der Waals surface area contributed by atoms with Crippen molar-refractivity contribution in [2.75, 3.05) is 6.54 Å². The summed E-state index contributed by atoms with van der Waals surface area (Å²) in [6.45, 7) is 6.14. The summed E-state index contributed by atoms with van der Waals surface area (Å²) in [5.74, 6) is 0.688. The highest BCUT2D eigenvalue weighted by Gasteiger charge is 2.59. The van der Waals surface area contributed by atoms with E-state index >= 15 is 0 Å². The van der Waals surface area contributed by atoms with Gasteiger partial charge in [-0.05, 0) is 45.7 Å². The monoisotopic (exact) mass is 327 g/mol. The van der Waals surface area contributed by atoms with Crippen molar-refractivity contribution in [3.8, 4) is 0 Å². The molecule has 2 saturated heterocycles. The van der Waals surface area contributed by atoms with Gasteiger partial charge in [0, 0.05) is 12.6 Å². The topological polar surface area (TPSA) is 75.3 Å². The van der Waals surface area contributed by atoms with Crippen molar-refractivity contribution in [3.05, 3.63) is 40.4 Å². The number of carbonyl (C=O) groups excluding carboxylic acids is 1. The molecule has 0 radical (unpaired) electrons. The molecular weight excluding hydrogens is 306 g/mol. The van der Waals surface area contributed by atoms with Crippen LogP contribution in [0.3, 0.4) is 0 Å². The molecule has 1 aromatic heterocycles. The first-order valence-corrected chi connectivity index (χ1v) is 8.27. The second-order valence-electron chi connectivity index (χ2n) is 7.88. The van der Waals surface area contributed by atoms with Crippen LogP contribution in [0.15, 0.2) is 29.1 Å². The minimum Gasteiger partial charge on any atom is -0.444 e. The normalized spacial score (nSPS) is 25.6. The summed E-state index contributed by atoms with van der Waals surface area (Å²) >= 11 is 0. The highest BCUT2D eigenvalue weighted by atomic mass is 16.6. The third-order valence-corrected chi connectivity index (χ3v) is 4.91. The Hall–Kier alpha value is -2.37. The zero-order valence-electron chi connectivity index (χ0n) is 14.1. The van der Waals surface area contributed by atoms with Crippen LogP contribution in [0.1, 0.15) is 39.4 Å². The molecule has 6 nitrogen and oxygen atoms in total. The first kappa shape index (κ1) is 15.2. The van der Waals surface area contributed by atoms with E-state index in [1.54, 1.807) is 11.0 Å². The Kier molecular flexibility index (Phi) is 3.04. The summed E-state index contributed by atoms with van der Waals surface area (Å²) in [6, 6.07) is 7.50. The van der Waals surface area contributed by atoms with Crippen molar-refractivity contribution >= 4 is 17.0 Å². The molecule has 0 atom stereocenters. The van der Waals surface area contributed by atoms with E-state index in [4.69, 9.17) is 4.74 Å². The predicted octanol–water partition coefficient (Wildman–Crippen LogP) is 2.57. The third-order valence-electron chi connectivity index (χ3n) is 4.91. The van der Waals surface area contributed by atoms with Gasteiger partial charge >= 0.3 is 6.09 Å². The molecule has 2 aromatic rings. The van der Waals surface area contributed by atoms with Crippen LogP contribution < -0.4 is 5.56 Å². The Bertz CT molecular complexity index is 875. The summed E-state index contributed by atoms with van der Waals surface area (Å²) in [5.41, 5.74) is -0.175. The first-order valence-electron chi connectivity index (χ1n) is 8.27. The number of nitrogens with one attached hydrogen (secondary N) is 1. The standard InChI is InChI=1S/C18H21N3O3/c1-17(2,3)24-16(23)21-10-18(8-11(21)9-18)15-19-13-7-5-4-6-12(13)14(22)20-15/h4-7,11H,8-10H2,1-3H3,(H,19,20,22). The minimum absolute atomic E-state index is 0.121. The van der Waals surface area contributed by atoms with E-state index < -0.39 is 5.60 Å². The highest BCUT2D eigenvalue weighted by Crippen LogP contribution is 2.52. The molecule has 1 aliphatic carbocycles. The van der Waals surface area contributed by atoms with Gasteiger partial charge in [-0.3, -0.25) is 4.79 Å². The van der Waals surface area contributed by atoms with E-state index in [0.717, 1.165) is 12.8 Å². The van der Waals surface area contributed by atoms with E-state index in [1.165, 1.54) is 0 Å².